The Labute approximate surface area is 92.5 Å². The maximum Gasteiger partial charge on any atom is 0.305 e. The van der Waals surface area contributed by atoms with Crippen molar-refractivity contribution in [1.29, 1.82) is 0 Å². The molecule has 0 radical (unpaired) electrons. The van der Waals surface area contributed by atoms with Gasteiger partial charge in [-0.05, 0) is 19.1 Å². The Bertz CT molecular complexity index is 533. The molecular weight excluding hydrogens is 206 g/mol. The topological polar surface area (TPSA) is 80.6 Å². The fraction of sp³-hybridized carbons (Fsp3) is 0.273. The van der Waals surface area contributed by atoms with Crippen LogP contribution in [0.4, 0.5) is 0 Å². The highest BCUT2D eigenvalue weighted by Crippen LogP contribution is 2.18. The Hall–Kier alpha value is -1.88. The van der Waals surface area contributed by atoms with E-state index in [2.05, 4.69) is 4.98 Å². The van der Waals surface area contributed by atoms with Crippen LogP contribution in [-0.2, 0) is 4.79 Å². The zero-order valence-corrected chi connectivity index (χ0v) is 8.92. The van der Waals surface area contributed by atoms with Crippen molar-refractivity contribution in [3.8, 4) is 0 Å². The van der Waals surface area contributed by atoms with E-state index >= 15 is 0 Å². The zero-order valence-electron chi connectivity index (χ0n) is 8.92. The number of imidazole rings is 1. The van der Waals surface area contributed by atoms with Crippen LogP contribution in [0.1, 0.15) is 24.0 Å². The van der Waals surface area contributed by atoms with Crippen LogP contribution in [0.2, 0.25) is 0 Å². The molecule has 1 unspecified atom stereocenters. The van der Waals surface area contributed by atoms with E-state index in [-0.39, 0.29) is 6.42 Å². The van der Waals surface area contributed by atoms with Crippen LogP contribution in [0.25, 0.3) is 5.52 Å². The molecule has 0 amide bonds. The number of fused-ring (bicyclic) bond motifs is 1. The molecule has 0 aliphatic heterocycles. The van der Waals surface area contributed by atoms with E-state index in [1.807, 2.05) is 29.5 Å². The number of aliphatic carboxylic acids is 1. The number of nitrogens with two attached hydrogens (primary N) is 1. The number of carboxylic acid groups (broad SMARTS) is 1. The molecular formula is C11H13N3O2. The highest BCUT2D eigenvalue weighted by atomic mass is 16.4. The molecule has 0 bridgehead atoms. The predicted octanol–water partition coefficient (Wildman–Crippen LogP) is 1.12. The second-order valence-corrected chi connectivity index (χ2v) is 3.72. The molecule has 2 aromatic rings. The van der Waals surface area contributed by atoms with Crippen molar-refractivity contribution < 1.29 is 9.90 Å². The average molecular weight is 219 g/mol. The lowest BCUT2D eigenvalue weighted by molar-refractivity contribution is -0.137. The van der Waals surface area contributed by atoms with Gasteiger partial charge < -0.3 is 10.8 Å². The number of carboxylic acids is 1. The molecule has 3 N–H and O–H groups in total. The smallest absolute Gasteiger partial charge is 0.305 e. The summed E-state index contributed by atoms with van der Waals surface area (Å²) in [6.07, 6.45) is 1.66. The molecule has 0 aromatic carbocycles. The van der Waals surface area contributed by atoms with E-state index in [1.165, 1.54) is 0 Å². The molecule has 0 aliphatic rings. The van der Waals surface area contributed by atoms with Gasteiger partial charge in [-0.25, -0.2) is 4.98 Å². The van der Waals surface area contributed by atoms with Crippen molar-refractivity contribution in [2.24, 2.45) is 5.73 Å². The molecule has 0 spiro atoms. The Morgan fingerprint density at radius 2 is 2.38 bits per heavy atom. The van der Waals surface area contributed by atoms with Gasteiger partial charge in [-0.3, -0.25) is 9.20 Å². The summed E-state index contributed by atoms with van der Waals surface area (Å²) in [5.41, 5.74) is 7.56. The lowest BCUT2D eigenvalue weighted by Gasteiger charge is -2.12. The number of hydrogen-bond acceptors (Lipinski definition) is 3. The summed E-state index contributed by atoms with van der Waals surface area (Å²) in [6.45, 7) is 1.87. The molecule has 1 atom stereocenters. The number of rotatable bonds is 3. The average Bonchev–Trinajstić information content (AvgIpc) is 2.59. The van der Waals surface area contributed by atoms with Crippen LogP contribution in [0, 0.1) is 6.92 Å². The van der Waals surface area contributed by atoms with Gasteiger partial charge in [0.05, 0.1) is 24.2 Å². The largest absolute Gasteiger partial charge is 0.481 e. The molecule has 0 saturated carbocycles. The minimum Gasteiger partial charge on any atom is -0.481 e. The third kappa shape index (κ3) is 1.77. The molecule has 2 heterocycles. The molecule has 16 heavy (non-hydrogen) atoms. The number of nitrogens with zero attached hydrogens (tertiary/aromatic N) is 2. The van der Waals surface area contributed by atoms with Gasteiger partial charge in [-0.1, -0.05) is 6.07 Å². The Morgan fingerprint density at radius 3 is 3.06 bits per heavy atom. The SMILES string of the molecule is Cc1ncc2cccc(C(N)CC(=O)O)n12. The van der Waals surface area contributed by atoms with E-state index in [1.54, 1.807) is 6.20 Å². The van der Waals surface area contributed by atoms with Crippen molar-refractivity contribution in [1.82, 2.24) is 9.38 Å². The first-order valence-electron chi connectivity index (χ1n) is 5.00. The quantitative estimate of drug-likeness (QED) is 0.810. The van der Waals surface area contributed by atoms with Gasteiger partial charge in [0.1, 0.15) is 5.82 Å². The van der Waals surface area contributed by atoms with E-state index < -0.39 is 12.0 Å². The second kappa shape index (κ2) is 3.94. The van der Waals surface area contributed by atoms with Crippen molar-refractivity contribution in [2.75, 3.05) is 0 Å². The molecule has 2 aromatic heterocycles. The summed E-state index contributed by atoms with van der Waals surface area (Å²) in [4.78, 5) is 14.8. The van der Waals surface area contributed by atoms with Gasteiger partial charge >= 0.3 is 5.97 Å². The van der Waals surface area contributed by atoms with Gasteiger partial charge in [0.15, 0.2) is 0 Å². The fourth-order valence-corrected chi connectivity index (χ4v) is 1.82. The minimum atomic E-state index is -0.901. The molecule has 5 heteroatoms. The number of pyridine rings is 1. The third-order valence-corrected chi connectivity index (χ3v) is 2.53. The number of carbonyl (C=O) groups is 1. The van der Waals surface area contributed by atoms with Gasteiger partial charge in [0, 0.05) is 5.69 Å². The van der Waals surface area contributed by atoms with Gasteiger partial charge in [0.25, 0.3) is 0 Å². The first-order valence-corrected chi connectivity index (χ1v) is 5.00. The van der Waals surface area contributed by atoms with Gasteiger partial charge in [0.2, 0.25) is 0 Å². The fourth-order valence-electron chi connectivity index (χ4n) is 1.82. The Balaban J connectivity index is 2.50. The Kier molecular flexibility index (Phi) is 2.62. The molecule has 2 rings (SSSR count). The molecule has 5 nitrogen and oxygen atoms in total. The molecule has 0 aliphatic carbocycles. The van der Waals surface area contributed by atoms with Crippen molar-refractivity contribution in [3.63, 3.8) is 0 Å². The monoisotopic (exact) mass is 219 g/mol. The van der Waals surface area contributed by atoms with Crippen LogP contribution in [0.15, 0.2) is 24.4 Å². The Morgan fingerprint density at radius 1 is 1.62 bits per heavy atom. The summed E-state index contributed by atoms with van der Waals surface area (Å²) >= 11 is 0. The van der Waals surface area contributed by atoms with E-state index in [9.17, 15) is 4.79 Å². The predicted molar refractivity (Wildman–Crippen MR) is 59.1 cm³/mol. The highest BCUT2D eigenvalue weighted by Gasteiger charge is 2.14. The van der Waals surface area contributed by atoms with E-state index in [0.29, 0.717) is 0 Å². The van der Waals surface area contributed by atoms with E-state index in [0.717, 1.165) is 17.0 Å². The first kappa shape index (κ1) is 10.6. The molecule has 0 fully saturated rings. The maximum absolute atomic E-state index is 10.6. The lowest BCUT2D eigenvalue weighted by atomic mass is 10.1. The zero-order chi connectivity index (χ0) is 11.7. The summed E-state index contributed by atoms with van der Waals surface area (Å²) < 4.78 is 1.88. The van der Waals surface area contributed by atoms with Gasteiger partial charge in [-0.2, -0.15) is 0 Å². The summed E-state index contributed by atoms with van der Waals surface area (Å²) in [6, 6.07) is 5.08. The standard InChI is InChI=1S/C11H13N3O2/c1-7-13-6-8-3-2-4-10(14(7)8)9(12)5-11(15)16/h2-4,6,9H,5,12H2,1H3,(H,15,16). The van der Waals surface area contributed by atoms with Crippen molar-refractivity contribution in [2.45, 2.75) is 19.4 Å². The molecule has 84 valence electrons. The van der Waals surface area contributed by atoms with Crippen LogP contribution >= 0.6 is 0 Å². The summed E-state index contributed by atoms with van der Waals surface area (Å²) in [7, 11) is 0. The summed E-state index contributed by atoms with van der Waals surface area (Å²) in [5.74, 6) is -0.0892. The number of hydrogen-bond donors (Lipinski definition) is 2. The van der Waals surface area contributed by atoms with Crippen LogP contribution in [-0.4, -0.2) is 20.5 Å². The van der Waals surface area contributed by atoms with E-state index in [4.69, 9.17) is 10.8 Å². The van der Waals surface area contributed by atoms with Crippen LogP contribution in [0.3, 0.4) is 0 Å². The van der Waals surface area contributed by atoms with Gasteiger partial charge in [-0.15, -0.1) is 0 Å². The number of aryl methyl sites for hydroxylation is 1. The molecule has 0 saturated heterocycles. The van der Waals surface area contributed by atoms with Crippen molar-refractivity contribution >= 4 is 11.5 Å². The highest BCUT2D eigenvalue weighted by molar-refractivity contribution is 5.67. The third-order valence-electron chi connectivity index (χ3n) is 2.53. The van der Waals surface area contributed by atoms with Crippen molar-refractivity contribution in [3.05, 3.63) is 35.9 Å². The number of aromatic nitrogens is 2. The van der Waals surface area contributed by atoms with Crippen LogP contribution in [0.5, 0.6) is 0 Å². The first-order chi connectivity index (χ1) is 7.59. The lowest BCUT2D eigenvalue weighted by Crippen LogP contribution is -2.18. The normalized spacial score (nSPS) is 12.9. The minimum absolute atomic E-state index is 0.0866. The van der Waals surface area contributed by atoms with Crippen LogP contribution < -0.4 is 5.73 Å². The second-order valence-electron chi connectivity index (χ2n) is 3.72. The maximum atomic E-state index is 10.6. The summed E-state index contributed by atoms with van der Waals surface area (Å²) in [5, 5.41) is 8.73.